The van der Waals surface area contributed by atoms with Crippen molar-refractivity contribution < 1.29 is 36.4 Å². The molecule has 4 rings (SSSR count). The maximum absolute atomic E-state index is 14.3. The van der Waals surface area contributed by atoms with Crippen molar-refractivity contribution in [3.05, 3.63) is 70.0 Å². The molecule has 13 heteroatoms. The lowest BCUT2D eigenvalue weighted by Crippen LogP contribution is -2.56. The van der Waals surface area contributed by atoms with E-state index in [9.17, 15) is 31.9 Å². The van der Waals surface area contributed by atoms with Crippen molar-refractivity contribution in [2.24, 2.45) is 0 Å². The summed E-state index contributed by atoms with van der Waals surface area (Å²) < 4.78 is 65.0. The number of amides is 2. The summed E-state index contributed by atoms with van der Waals surface area (Å²) in [6, 6.07) is 7.59. The molecule has 0 saturated carbocycles. The number of hydrogen-bond donors (Lipinski definition) is 3. The monoisotopic (exact) mass is 452 g/mol. The second-order valence-electron chi connectivity index (χ2n) is 6.73. The topological polar surface area (TPSA) is 126 Å². The molecule has 3 aromatic rings. The van der Waals surface area contributed by atoms with Gasteiger partial charge in [0.2, 0.25) is 0 Å². The summed E-state index contributed by atoms with van der Waals surface area (Å²) in [6.07, 6.45) is -6.54. The normalized spacial score (nSPS) is 17.8. The molecule has 0 fully saturated rings. The lowest BCUT2D eigenvalue weighted by atomic mass is 9.88. The van der Waals surface area contributed by atoms with Gasteiger partial charge < -0.3 is 10.1 Å². The smallest absolute Gasteiger partial charge is 0.426 e. The highest BCUT2D eigenvalue weighted by Crippen LogP contribution is 2.48. The van der Waals surface area contributed by atoms with Crippen LogP contribution in [0.3, 0.4) is 0 Å². The number of halogens is 4. The predicted octanol–water partition coefficient (Wildman–Crippen LogP) is 2.92. The molecular weight excluding hydrogens is 440 g/mol. The zero-order valence-electron chi connectivity index (χ0n) is 15.7. The van der Waals surface area contributed by atoms with Gasteiger partial charge in [-0.3, -0.25) is 19.6 Å². The lowest BCUT2D eigenvalue weighted by Gasteiger charge is -2.39. The van der Waals surface area contributed by atoms with Gasteiger partial charge in [0.25, 0.3) is 11.5 Å². The van der Waals surface area contributed by atoms with Crippen molar-refractivity contribution in [1.82, 2.24) is 15.5 Å². The van der Waals surface area contributed by atoms with Crippen molar-refractivity contribution in [2.45, 2.75) is 11.8 Å². The van der Waals surface area contributed by atoms with Gasteiger partial charge in [-0.05, 0) is 42.5 Å². The molecule has 0 radical (unpaired) electrons. The van der Waals surface area contributed by atoms with Crippen LogP contribution >= 0.6 is 0 Å². The Bertz CT molecular complexity index is 1250. The van der Waals surface area contributed by atoms with Gasteiger partial charge in [0.15, 0.2) is 5.82 Å². The first-order chi connectivity index (χ1) is 15.1. The molecule has 2 amide bonds. The van der Waals surface area contributed by atoms with Gasteiger partial charge in [-0.15, -0.1) is 0 Å². The van der Waals surface area contributed by atoms with E-state index in [0.717, 1.165) is 30.3 Å². The Hall–Kier alpha value is -4.16. The molecule has 2 heterocycles. The van der Waals surface area contributed by atoms with Crippen LogP contribution in [0.5, 0.6) is 0 Å². The number of ether oxygens (including phenoxy) is 1. The third-order valence-electron chi connectivity index (χ3n) is 4.73. The zero-order chi connectivity index (χ0) is 23.1. The van der Waals surface area contributed by atoms with Crippen LogP contribution in [0.25, 0.3) is 11.4 Å². The van der Waals surface area contributed by atoms with E-state index in [1.807, 2.05) is 0 Å². The van der Waals surface area contributed by atoms with E-state index in [1.54, 1.807) is 0 Å². The maximum atomic E-state index is 14.3. The quantitative estimate of drug-likeness (QED) is 0.523. The number of H-pyrrole nitrogens is 1. The molecule has 1 aliphatic rings. The highest BCUT2D eigenvalue weighted by atomic mass is 19.4. The second-order valence-corrected chi connectivity index (χ2v) is 6.73. The summed E-state index contributed by atoms with van der Waals surface area (Å²) in [7, 11) is 0. The molecule has 32 heavy (non-hydrogen) atoms. The molecule has 1 atom stereocenters. The molecule has 3 N–H and O–H groups in total. The van der Waals surface area contributed by atoms with Gasteiger partial charge in [-0.1, -0.05) is 5.16 Å². The van der Waals surface area contributed by atoms with Gasteiger partial charge in [-0.2, -0.15) is 13.2 Å². The number of nitrogens with one attached hydrogen (secondary N) is 3. The van der Waals surface area contributed by atoms with Crippen LogP contribution in [0.4, 0.5) is 28.0 Å². The first-order valence-corrected chi connectivity index (χ1v) is 8.90. The number of alkyl halides is 3. The van der Waals surface area contributed by atoms with Crippen molar-refractivity contribution in [3.63, 3.8) is 0 Å². The highest BCUT2D eigenvalue weighted by Gasteiger charge is 2.62. The van der Waals surface area contributed by atoms with E-state index in [-0.39, 0.29) is 22.6 Å². The number of benzene rings is 2. The average Bonchev–Trinajstić information content (AvgIpc) is 3.17. The standard InChI is InChI=1S/C19H12F4N4O5/c20-11-4-1-9(2-5-11)15(28)24-8-18(19(21,22)23)12-7-10(14-26-17(30)32-27-14)3-6-13(12)25-16(29)31-18/h1-7H,8H2,(H,24,28)(H,25,29)(H,26,27,30). The van der Waals surface area contributed by atoms with Crippen LogP contribution in [0.2, 0.25) is 0 Å². The third kappa shape index (κ3) is 3.68. The lowest BCUT2D eigenvalue weighted by molar-refractivity contribution is -0.261. The summed E-state index contributed by atoms with van der Waals surface area (Å²) >= 11 is 0. The van der Waals surface area contributed by atoms with Gasteiger partial charge in [0, 0.05) is 16.7 Å². The fourth-order valence-corrected chi connectivity index (χ4v) is 3.19. The summed E-state index contributed by atoms with van der Waals surface area (Å²) in [5.74, 6) is -2.65. The van der Waals surface area contributed by atoms with Gasteiger partial charge in [0.05, 0.1) is 12.2 Å². The Morgan fingerprint density at radius 1 is 1.12 bits per heavy atom. The van der Waals surface area contributed by atoms with E-state index in [4.69, 9.17) is 4.74 Å². The van der Waals surface area contributed by atoms with Crippen molar-refractivity contribution in [2.75, 3.05) is 11.9 Å². The van der Waals surface area contributed by atoms with Gasteiger partial charge in [0.1, 0.15) is 5.82 Å². The molecule has 1 unspecified atom stereocenters. The Balaban J connectivity index is 1.76. The molecule has 0 spiro atoms. The number of carbonyl (C=O) groups excluding carboxylic acids is 2. The minimum absolute atomic E-state index is 0.0350. The number of hydrogen-bond acceptors (Lipinski definition) is 6. The Morgan fingerprint density at radius 2 is 1.84 bits per heavy atom. The van der Waals surface area contributed by atoms with Crippen LogP contribution < -0.4 is 16.4 Å². The number of fused-ring (bicyclic) bond motifs is 1. The predicted molar refractivity (Wildman–Crippen MR) is 99.1 cm³/mol. The average molecular weight is 452 g/mol. The fourth-order valence-electron chi connectivity index (χ4n) is 3.19. The first kappa shape index (κ1) is 21.1. The third-order valence-corrected chi connectivity index (χ3v) is 4.73. The SMILES string of the molecule is O=C1Nc2ccc(-c3noc(=O)[nH]3)cc2C(CNC(=O)c2ccc(F)cc2)(C(F)(F)F)O1. The molecule has 0 saturated heterocycles. The number of anilines is 1. The molecule has 9 nitrogen and oxygen atoms in total. The minimum Gasteiger partial charge on any atom is -0.426 e. The second kappa shape index (κ2) is 7.51. The first-order valence-electron chi connectivity index (χ1n) is 8.90. The van der Waals surface area contributed by atoms with Gasteiger partial charge in [-0.25, -0.2) is 14.0 Å². The van der Waals surface area contributed by atoms with Crippen LogP contribution in [0.15, 0.2) is 51.8 Å². The van der Waals surface area contributed by atoms with E-state index in [2.05, 4.69) is 25.3 Å². The largest absolute Gasteiger partial charge is 0.439 e. The number of carbonyl (C=O) groups is 2. The van der Waals surface area contributed by atoms with Crippen molar-refractivity contribution in [1.29, 1.82) is 0 Å². The van der Waals surface area contributed by atoms with E-state index >= 15 is 0 Å². The Labute approximate surface area is 175 Å². The molecular formula is C19H12F4N4O5. The number of cyclic esters (lactones) is 1. The summed E-state index contributed by atoms with van der Waals surface area (Å²) in [5, 5.41) is 7.67. The van der Waals surface area contributed by atoms with Crippen LogP contribution in [-0.2, 0) is 10.3 Å². The number of aromatic nitrogens is 2. The molecule has 2 aromatic carbocycles. The van der Waals surface area contributed by atoms with Crippen molar-refractivity contribution >= 4 is 17.7 Å². The molecule has 0 bridgehead atoms. The molecule has 0 aliphatic carbocycles. The van der Waals surface area contributed by atoms with Crippen LogP contribution in [0, 0.1) is 5.82 Å². The molecule has 1 aromatic heterocycles. The summed E-state index contributed by atoms with van der Waals surface area (Å²) in [5.41, 5.74) is -4.08. The maximum Gasteiger partial charge on any atom is 0.439 e. The Morgan fingerprint density at radius 3 is 2.47 bits per heavy atom. The summed E-state index contributed by atoms with van der Waals surface area (Å²) in [4.78, 5) is 37.7. The number of rotatable bonds is 4. The van der Waals surface area contributed by atoms with E-state index in [1.165, 1.54) is 12.1 Å². The summed E-state index contributed by atoms with van der Waals surface area (Å²) in [6.45, 7) is -1.17. The number of aromatic amines is 1. The minimum atomic E-state index is -5.16. The van der Waals surface area contributed by atoms with Crippen LogP contribution in [0.1, 0.15) is 15.9 Å². The zero-order valence-corrected chi connectivity index (χ0v) is 15.7. The van der Waals surface area contributed by atoms with Gasteiger partial charge >= 0.3 is 18.0 Å². The Kier molecular flexibility index (Phi) is 4.95. The highest BCUT2D eigenvalue weighted by molar-refractivity contribution is 5.94. The van der Waals surface area contributed by atoms with Crippen molar-refractivity contribution in [3.8, 4) is 11.4 Å². The fraction of sp³-hybridized carbons (Fsp3) is 0.158. The van der Waals surface area contributed by atoms with Crippen LogP contribution in [-0.4, -0.2) is 34.9 Å². The number of nitrogens with zero attached hydrogens (tertiary/aromatic N) is 1. The molecule has 166 valence electrons. The van der Waals surface area contributed by atoms with E-state index in [0.29, 0.717) is 0 Å². The molecule has 1 aliphatic heterocycles. The van der Waals surface area contributed by atoms with E-state index < -0.39 is 47.5 Å².